The number of unbranched alkanes of at least 4 members (excludes halogenated alkanes) is 1. The molecule has 3 aliphatic heterocycles. The average Bonchev–Trinajstić information content (AvgIpc) is 3.41. The van der Waals surface area contributed by atoms with Crippen molar-refractivity contribution in [1.29, 1.82) is 0 Å². The lowest BCUT2D eigenvalue weighted by Gasteiger charge is -2.35. The van der Waals surface area contributed by atoms with E-state index in [1.807, 2.05) is 41.4 Å². The van der Waals surface area contributed by atoms with E-state index < -0.39 is 23.9 Å². The van der Waals surface area contributed by atoms with Gasteiger partial charge in [-0.15, -0.1) is 0 Å². The van der Waals surface area contributed by atoms with E-state index in [0.717, 1.165) is 24.0 Å². The van der Waals surface area contributed by atoms with Crippen LogP contribution in [0.1, 0.15) is 47.3 Å². The molecule has 192 valence electrons. The van der Waals surface area contributed by atoms with Gasteiger partial charge in [0, 0.05) is 16.8 Å². The molecule has 0 saturated carbocycles. The summed E-state index contributed by atoms with van der Waals surface area (Å²) in [6, 6.07) is 20.3. The normalized spacial score (nSPS) is 23.3. The summed E-state index contributed by atoms with van der Waals surface area (Å²) in [6.07, 6.45) is 5.78. The van der Waals surface area contributed by atoms with Crippen LogP contribution in [0.25, 0.3) is 6.08 Å². The molecule has 1 unspecified atom stereocenters. The van der Waals surface area contributed by atoms with Crippen LogP contribution in [-0.4, -0.2) is 35.1 Å². The van der Waals surface area contributed by atoms with E-state index in [0.29, 0.717) is 28.6 Å². The predicted octanol–water partition coefficient (Wildman–Crippen LogP) is 5.92. The van der Waals surface area contributed by atoms with Crippen molar-refractivity contribution in [3.63, 3.8) is 0 Å². The smallest absolute Gasteiger partial charge is 0.240 e. The maximum Gasteiger partial charge on any atom is 0.240 e. The maximum atomic E-state index is 14.0. The molecule has 0 radical (unpaired) electrons. The maximum absolute atomic E-state index is 14.0. The average molecular weight is 527 g/mol. The highest BCUT2D eigenvalue weighted by atomic mass is 35.5. The molecule has 0 bridgehead atoms. The minimum absolute atomic E-state index is 0.203. The predicted molar refractivity (Wildman–Crippen MR) is 146 cm³/mol. The van der Waals surface area contributed by atoms with E-state index >= 15 is 0 Å². The summed E-state index contributed by atoms with van der Waals surface area (Å²) >= 11 is 6.06. The van der Waals surface area contributed by atoms with Crippen LogP contribution < -0.4 is 9.64 Å². The molecule has 0 spiro atoms. The SMILES string of the molecule is CCCCOc1ccc(N2C(=O)[C@@H]3[C@H](C2=O)C2c4ccccc4C=CN2[C@@H]3C(=O)c2ccc(Cl)cc2)cc1. The zero-order valence-corrected chi connectivity index (χ0v) is 21.7. The first-order valence-corrected chi connectivity index (χ1v) is 13.3. The van der Waals surface area contributed by atoms with E-state index in [-0.39, 0.29) is 17.6 Å². The lowest BCUT2D eigenvalue weighted by atomic mass is 9.83. The van der Waals surface area contributed by atoms with Crippen molar-refractivity contribution in [2.45, 2.75) is 31.8 Å². The van der Waals surface area contributed by atoms with Gasteiger partial charge < -0.3 is 9.64 Å². The van der Waals surface area contributed by atoms with Gasteiger partial charge in [-0.05, 0) is 72.2 Å². The third-order valence-corrected chi connectivity index (χ3v) is 7.97. The number of nitrogens with zero attached hydrogens (tertiary/aromatic N) is 2. The molecule has 38 heavy (non-hydrogen) atoms. The number of hydrogen-bond donors (Lipinski definition) is 0. The fourth-order valence-corrected chi connectivity index (χ4v) is 6.05. The zero-order valence-electron chi connectivity index (χ0n) is 20.9. The molecule has 6 rings (SSSR count). The molecule has 6 nitrogen and oxygen atoms in total. The quantitative estimate of drug-likeness (QED) is 0.217. The molecule has 3 aliphatic rings. The van der Waals surface area contributed by atoms with Crippen molar-refractivity contribution in [3.05, 3.63) is 101 Å². The number of imide groups is 1. The third kappa shape index (κ3) is 3.91. The fraction of sp³-hybridized carbons (Fsp3) is 0.258. The van der Waals surface area contributed by atoms with Gasteiger partial charge in [0.25, 0.3) is 0 Å². The number of anilines is 1. The van der Waals surface area contributed by atoms with Gasteiger partial charge in [0.1, 0.15) is 11.8 Å². The Morgan fingerprint density at radius 1 is 0.921 bits per heavy atom. The Hall–Kier alpha value is -3.90. The summed E-state index contributed by atoms with van der Waals surface area (Å²) < 4.78 is 5.75. The number of benzene rings is 3. The van der Waals surface area contributed by atoms with Crippen LogP contribution in [0.3, 0.4) is 0 Å². The summed E-state index contributed by atoms with van der Waals surface area (Å²) in [7, 11) is 0. The summed E-state index contributed by atoms with van der Waals surface area (Å²) in [5.74, 6) is -1.65. The number of carbonyl (C=O) groups excluding carboxylic acids is 3. The summed E-state index contributed by atoms with van der Waals surface area (Å²) in [5, 5.41) is 0.524. The number of ether oxygens (including phenoxy) is 1. The Morgan fingerprint density at radius 2 is 1.63 bits per heavy atom. The Labute approximate surface area is 226 Å². The summed E-state index contributed by atoms with van der Waals surface area (Å²) in [5.41, 5.74) is 2.87. The van der Waals surface area contributed by atoms with Crippen LogP contribution in [0, 0.1) is 11.8 Å². The Morgan fingerprint density at radius 3 is 2.37 bits per heavy atom. The van der Waals surface area contributed by atoms with Crippen LogP contribution in [0.4, 0.5) is 5.69 Å². The number of carbonyl (C=O) groups is 3. The molecule has 2 saturated heterocycles. The fourth-order valence-electron chi connectivity index (χ4n) is 5.92. The number of rotatable bonds is 7. The van der Waals surface area contributed by atoms with E-state index in [1.54, 1.807) is 48.5 Å². The van der Waals surface area contributed by atoms with Gasteiger partial charge in [-0.3, -0.25) is 14.4 Å². The van der Waals surface area contributed by atoms with Crippen molar-refractivity contribution in [3.8, 4) is 5.75 Å². The van der Waals surface area contributed by atoms with Crippen LogP contribution >= 0.6 is 11.6 Å². The first-order valence-electron chi connectivity index (χ1n) is 12.9. The highest BCUT2D eigenvalue weighted by molar-refractivity contribution is 6.30. The number of hydrogen-bond acceptors (Lipinski definition) is 5. The highest BCUT2D eigenvalue weighted by Crippen LogP contribution is 2.53. The molecule has 0 aromatic heterocycles. The zero-order chi connectivity index (χ0) is 26.4. The van der Waals surface area contributed by atoms with Gasteiger partial charge in [0.15, 0.2) is 5.78 Å². The number of ketones is 1. The Balaban J connectivity index is 1.39. The second kappa shape index (κ2) is 9.76. The number of Topliss-reactive ketones (excluding diaryl/α,β-unsaturated/α-hetero) is 1. The van der Waals surface area contributed by atoms with E-state index in [1.165, 1.54) is 4.90 Å². The molecule has 3 heterocycles. The summed E-state index contributed by atoms with van der Waals surface area (Å²) in [6.45, 7) is 2.71. The van der Waals surface area contributed by atoms with Crippen molar-refractivity contribution < 1.29 is 19.1 Å². The first-order chi connectivity index (χ1) is 18.5. The Kier molecular flexibility index (Phi) is 6.28. The van der Waals surface area contributed by atoms with E-state index in [2.05, 4.69) is 6.92 Å². The molecule has 2 amide bonds. The molecule has 3 aromatic rings. The lowest BCUT2D eigenvalue weighted by molar-refractivity contribution is -0.123. The standard InChI is InChI=1S/C31H27ClN2O4/c1-2-3-18-38-23-14-12-22(13-15-23)34-30(36)25-26(31(34)37)28(29(35)20-8-10-21(32)11-9-20)33-17-16-19-6-4-5-7-24(19)27(25)33/h4-17,25-28H,2-3,18H2,1H3/t25-,26+,27?,28-/m0/s1. The van der Waals surface area contributed by atoms with Crippen LogP contribution in [0.2, 0.25) is 5.02 Å². The largest absolute Gasteiger partial charge is 0.494 e. The molecule has 0 aliphatic carbocycles. The van der Waals surface area contributed by atoms with Crippen LogP contribution in [-0.2, 0) is 9.59 Å². The van der Waals surface area contributed by atoms with Crippen molar-refractivity contribution in [2.24, 2.45) is 11.8 Å². The molecular formula is C31H27ClN2O4. The minimum atomic E-state index is -0.813. The van der Waals surface area contributed by atoms with Gasteiger partial charge in [-0.2, -0.15) is 0 Å². The van der Waals surface area contributed by atoms with Crippen molar-refractivity contribution >= 4 is 41.0 Å². The van der Waals surface area contributed by atoms with E-state index in [4.69, 9.17) is 16.3 Å². The van der Waals surface area contributed by atoms with Crippen molar-refractivity contribution in [2.75, 3.05) is 11.5 Å². The third-order valence-electron chi connectivity index (χ3n) is 7.72. The van der Waals surface area contributed by atoms with Crippen molar-refractivity contribution in [1.82, 2.24) is 4.90 Å². The van der Waals surface area contributed by atoms with Gasteiger partial charge in [-0.1, -0.05) is 49.2 Å². The second-order valence-corrected chi connectivity index (χ2v) is 10.3. The van der Waals surface area contributed by atoms with Gasteiger partial charge in [0.05, 0.1) is 30.2 Å². The number of amides is 2. The monoisotopic (exact) mass is 526 g/mol. The molecule has 4 atom stereocenters. The van der Waals surface area contributed by atoms with Crippen LogP contribution in [0.15, 0.2) is 79.0 Å². The molecule has 3 aromatic carbocycles. The highest BCUT2D eigenvalue weighted by Gasteiger charge is 2.64. The first kappa shape index (κ1) is 24.4. The Bertz CT molecular complexity index is 1430. The number of fused-ring (bicyclic) bond motifs is 5. The van der Waals surface area contributed by atoms with Gasteiger partial charge in [-0.25, -0.2) is 4.90 Å². The second-order valence-electron chi connectivity index (χ2n) is 9.91. The van der Waals surface area contributed by atoms with E-state index in [9.17, 15) is 14.4 Å². The van der Waals surface area contributed by atoms with Crippen LogP contribution in [0.5, 0.6) is 5.75 Å². The molecule has 2 fully saturated rings. The molecule has 7 heteroatoms. The topological polar surface area (TPSA) is 66.9 Å². The van der Waals surface area contributed by atoms with Gasteiger partial charge >= 0.3 is 0 Å². The minimum Gasteiger partial charge on any atom is -0.494 e. The molecular weight excluding hydrogens is 500 g/mol. The number of halogens is 1. The summed E-state index contributed by atoms with van der Waals surface area (Å²) in [4.78, 5) is 45.1. The lowest BCUT2D eigenvalue weighted by Crippen LogP contribution is -2.44. The van der Waals surface area contributed by atoms with Gasteiger partial charge in [0.2, 0.25) is 11.8 Å². The molecule has 0 N–H and O–H groups in total.